The number of rotatable bonds is 4. The van der Waals surface area contributed by atoms with Crippen LogP contribution in [0.15, 0.2) is 29.0 Å². The van der Waals surface area contributed by atoms with Gasteiger partial charge < -0.3 is 4.90 Å². The summed E-state index contributed by atoms with van der Waals surface area (Å²) in [7, 11) is 0. The quantitative estimate of drug-likeness (QED) is 0.695. The van der Waals surface area contributed by atoms with E-state index in [0.29, 0.717) is 6.54 Å². The van der Waals surface area contributed by atoms with E-state index in [1.165, 1.54) is 15.3 Å². The molecular weight excluding hydrogens is 404 g/mol. The van der Waals surface area contributed by atoms with Crippen molar-refractivity contribution in [2.24, 2.45) is 11.8 Å². The van der Waals surface area contributed by atoms with Gasteiger partial charge in [-0.1, -0.05) is 18.9 Å². The average Bonchev–Trinajstić information content (AvgIpc) is 3.48. The van der Waals surface area contributed by atoms with Crippen LogP contribution in [0.1, 0.15) is 53.5 Å². The zero-order valence-corrected chi connectivity index (χ0v) is 17.8. The molecule has 5 nitrogen and oxygen atoms in total. The van der Waals surface area contributed by atoms with Gasteiger partial charge in [0, 0.05) is 29.3 Å². The fourth-order valence-corrected chi connectivity index (χ4v) is 6.90. The van der Waals surface area contributed by atoms with E-state index < -0.39 is 0 Å². The van der Waals surface area contributed by atoms with E-state index in [0.717, 1.165) is 37.0 Å². The highest BCUT2D eigenvalue weighted by atomic mass is 32.1. The maximum Gasteiger partial charge on any atom is 0.233 e. The van der Waals surface area contributed by atoms with Crippen LogP contribution in [0.5, 0.6) is 0 Å². The molecule has 0 unspecified atom stereocenters. The summed E-state index contributed by atoms with van der Waals surface area (Å²) < 4.78 is 0. The van der Waals surface area contributed by atoms with Crippen molar-refractivity contribution in [2.75, 3.05) is 13.1 Å². The number of nitrogens with zero attached hydrogens (tertiary/aromatic N) is 2. The van der Waals surface area contributed by atoms with Crippen LogP contribution in [0, 0.1) is 11.8 Å². The molecule has 3 aliphatic rings. The van der Waals surface area contributed by atoms with Gasteiger partial charge in [0.1, 0.15) is 0 Å². The number of amides is 3. The Hall–Kier alpha value is -1.99. The van der Waals surface area contributed by atoms with E-state index in [2.05, 4.69) is 17.5 Å². The van der Waals surface area contributed by atoms with Crippen molar-refractivity contribution in [1.29, 1.82) is 0 Å². The molecule has 0 bridgehead atoms. The number of imide groups is 1. The van der Waals surface area contributed by atoms with E-state index in [-0.39, 0.29) is 48.6 Å². The van der Waals surface area contributed by atoms with E-state index in [4.69, 9.17) is 0 Å². The van der Waals surface area contributed by atoms with Gasteiger partial charge in [-0.05, 0) is 47.7 Å². The summed E-state index contributed by atoms with van der Waals surface area (Å²) >= 11 is 3.42. The summed E-state index contributed by atoms with van der Waals surface area (Å²) in [5.41, 5.74) is 1.22. The second kappa shape index (κ2) is 7.69. The molecule has 4 heterocycles. The highest BCUT2D eigenvalue weighted by molar-refractivity contribution is 7.10. The van der Waals surface area contributed by atoms with Gasteiger partial charge in [0.2, 0.25) is 17.7 Å². The predicted molar refractivity (Wildman–Crippen MR) is 113 cm³/mol. The third-order valence-electron chi connectivity index (χ3n) is 6.58. The monoisotopic (exact) mass is 428 g/mol. The molecule has 0 spiro atoms. The highest BCUT2D eigenvalue weighted by Crippen LogP contribution is 2.40. The lowest BCUT2D eigenvalue weighted by atomic mass is 9.81. The fraction of sp³-hybridized carbons (Fsp3) is 0.500. The van der Waals surface area contributed by atoms with Crippen LogP contribution in [0.3, 0.4) is 0 Å². The maximum atomic E-state index is 13.2. The summed E-state index contributed by atoms with van der Waals surface area (Å²) in [6.45, 7) is 0.899. The molecule has 1 saturated heterocycles. The molecule has 29 heavy (non-hydrogen) atoms. The van der Waals surface area contributed by atoms with E-state index in [1.54, 1.807) is 22.7 Å². The van der Waals surface area contributed by atoms with Gasteiger partial charge in [0.15, 0.2) is 0 Å². The third-order valence-corrected chi connectivity index (χ3v) is 8.50. The summed E-state index contributed by atoms with van der Waals surface area (Å²) in [5, 5.41) is 4.14. The Bertz CT molecular complexity index is 912. The van der Waals surface area contributed by atoms with Gasteiger partial charge in [-0.2, -0.15) is 0 Å². The van der Waals surface area contributed by atoms with Gasteiger partial charge >= 0.3 is 0 Å². The lowest BCUT2D eigenvalue weighted by Crippen LogP contribution is -2.42. The molecule has 5 rings (SSSR count). The summed E-state index contributed by atoms with van der Waals surface area (Å²) in [6, 6.07) is 6.18. The van der Waals surface area contributed by atoms with E-state index in [9.17, 15) is 14.4 Å². The number of thiophene rings is 2. The number of carbonyl (C=O) groups is 3. The van der Waals surface area contributed by atoms with Crippen molar-refractivity contribution in [3.63, 3.8) is 0 Å². The summed E-state index contributed by atoms with van der Waals surface area (Å²) in [4.78, 5) is 44.4. The minimum absolute atomic E-state index is 0.0238. The summed E-state index contributed by atoms with van der Waals surface area (Å²) in [6.07, 6.45) is 4.74. The first-order valence-corrected chi connectivity index (χ1v) is 12.2. The molecule has 3 atom stereocenters. The standard InChI is InChI=1S/C22H24N2O3S2/c25-19(8-11-24-21(26)14-4-1-2-5-15(14)22(24)27)23-10-7-17-16(9-13-29-17)20(23)18-6-3-12-28-18/h3,6,9,12-15,20H,1-2,4-5,7-8,10-11H2/t14-,15-,20+/m1/s1. The molecule has 7 heteroatoms. The molecule has 152 valence electrons. The van der Waals surface area contributed by atoms with Gasteiger partial charge in [-0.15, -0.1) is 22.7 Å². The van der Waals surface area contributed by atoms with Gasteiger partial charge in [0.25, 0.3) is 0 Å². The molecule has 0 N–H and O–H groups in total. The van der Waals surface area contributed by atoms with Crippen molar-refractivity contribution in [2.45, 2.75) is 44.6 Å². The van der Waals surface area contributed by atoms with Crippen LogP contribution in [0.4, 0.5) is 0 Å². The highest BCUT2D eigenvalue weighted by Gasteiger charge is 2.48. The van der Waals surface area contributed by atoms with Crippen molar-refractivity contribution >= 4 is 40.4 Å². The molecule has 2 aromatic heterocycles. The Morgan fingerprint density at radius 2 is 1.79 bits per heavy atom. The van der Waals surface area contributed by atoms with Crippen LogP contribution < -0.4 is 0 Å². The normalized spacial score (nSPS) is 26.6. The lowest BCUT2D eigenvalue weighted by molar-refractivity contribution is -0.141. The predicted octanol–water partition coefficient (Wildman–Crippen LogP) is 3.85. The number of fused-ring (bicyclic) bond motifs is 2. The number of hydrogen-bond acceptors (Lipinski definition) is 5. The molecule has 0 radical (unpaired) electrons. The van der Waals surface area contributed by atoms with Crippen molar-refractivity contribution in [3.05, 3.63) is 44.3 Å². The molecule has 3 amide bonds. The van der Waals surface area contributed by atoms with Gasteiger partial charge in [-0.25, -0.2) is 0 Å². The van der Waals surface area contributed by atoms with Crippen LogP contribution in [0.2, 0.25) is 0 Å². The fourth-order valence-electron chi connectivity index (χ4n) is 5.14. The topological polar surface area (TPSA) is 57.7 Å². The first-order valence-electron chi connectivity index (χ1n) is 10.4. The van der Waals surface area contributed by atoms with Crippen molar-refractivity contribution in [1.82, 2.24) is 9.80 Å². The maximum absolute atomic E-state index is 13.2. The molecule has 0 aromatic carbocycles. The Balaban J connectivity index is 1.32. The Morgan fingerprint density at radius 3 is 2.48 bits per heavy atom. The number of likely N-dealkylation sites (tertiary alicyclic amines) is 1. The minimum atomic E-state index is -0.145. The summed E-state index contributed by atoms with van der Waals surface area (Å²) in [5.74, 6) is -0.375. The van der Waals surface area contributed by atoms with E-state index in [1.807, 2.05) is 16.3 Å². The number of carbonyl (C=O) groups excluding carboxylic acids is 3. The average molecular weight is 429 g/mol. The Kier molecular flexibility index (Phi) is 5.04. The van der Waals surface area contributed by atoms with Crippen LogP contribution in [0.25, 0.3) is 0 Å². The molecule has 2 aromatic rings. The van der Waals surface area contributed by atoms with Crippen molar-refractivity contribution in [3.8, 4) is 0 Å². The second-order valence-corrected chi connectivity index (χ2v) is 10.1. The van der Waals surface area contributed by atoms with Gasteiger partial charge in [-0.3, -0.25) is 19.3 Å². The van der Waals surface area contributed by atoms with Crippen molar-refractivity contribution < 1.29 is 14.4 Å². The Labute approximate surface area is 178 Å². The second-order valence-electron chi connectivity index (χ2n) is 8.13. The van der Waals surface area contributed by atoms with Crippen LogP contribution >= 0.6 is 22.7 Å². The smallest absolute Gasteiger partial charge is 0.233 e. The first kappa shape index (κ1) is 19.0. The molecule has 1 aliphatic carbocycles. The number of hydrogen-bond donors (Lipinski definition) is 0. The first-order chi connectivity index (χ1) is 14.1. The molecule has 2 aliphatic heterocycles. The Morgan fingerprint density at radius 1 is 1.03 bits per heavy atom. The zero-order valence-electron chi connectivity index (χ0n) is 16.2. The lowest BCUT2D eigenvalue weighted by Gasteiger charge is -2.36. The minimum Gasteiger partial charge on any atom is -0.330 e. The molecule has 2 fully saturated rings. The SMILES string of the molecule is O=C1[C@@H]2CCCC[C@H]2C(=O)N1CCC(=O)N1CCc2sccc2[C@H]1c1cccs1. The molecule has 1 saturated carbocycles. The third kappa shape index (κ3) is 3.24. The van der Waals surface area contributed by atoms with Crippen LogP contribution in [-0.4, -0.2) is 40.6 Å². The zero-order chi connectivity index (χ0) is 20.0. The van der Waals surface area contributed by atoms with E-state index >= 15 is 0 Å². The molecular formula is C22H24N2O3S2. The largest absolute Gasteiger partial charge is 0.330 e. The van der Waals surface area contributed by atoms with Crippen LogP contribution in [-0.2, 0) is 20.8 Å². The van der Waals surface area contributed by atoms with Gasteiger partial charge in [0.05, 0.1) is 17.9 Å².